The number of alkyl halides is 3. The van der Waals surface area contributed by atoms with Gasteiger partial charge < -0.3 is 9.30 Å². The van der Waals surface area contributed by atoms with E-state index >= 15 is 0 Å². The van der Waals surface area contributed by atoms with Gasteiger partial charge in [0.15, 0.2) is 0 Å². The van der Waals surface area contributed by atoms with Gasteiger partial charge in [0.05, 0.1) is 21.8 Å². The Morgan fingerprint density at radius 3 is 2.55 bits per heavy atom. The monoisotopic (exact) mass is 425 g/mol. The second-order valence-electron chi connectivity index (χ2n) is 6.81. The summed E-state index contributed by atoms with van der Waals surface area (Å²) in [6, 6.07) is 5.40. The number of ether oxygens (including phenoxy) is 1. The van der Waals surface area contributed by atoms with E-state index in [0.29, 0.717) is 23.4 Å². The van der Waals surface area contributed by atoms with Crippen LogP contribution in [0.15, 0.2) is 30.5 Å². The lowest BCUT2D eigenvalue weighted by atomic mass is 10.1. The molecule has 0 bridgehead atoms. The second kappa shape index (κ2) is 8.71. The first-order valence-electron chi connectivity index (χ1n) is 9.53. The maximum atomic E-state index is 13.0. The van der Waals surface area contributed by atoms with Crippen LogP contribution in [-0.4, -0.2) is 28.3 Å². The summed E-state index contributed by atoms with van der Waals surface area (Å²) in [5.41, 5.74) is 1.66. The van der Waals surface area contributed by atoms with E-state index in [0.717, 1.165) is 42.7 Å². The molecule has 1 unspecified atom stereocenters. The molecule has 29 heavy (non-hydrogen) atoms. The first kappa shape index (κ1) is 21.6. The standard InChI is InChI=1S/C21H23ClF3N3O/c1-4-14(9-11-29-3)28-17-8-10-26-19(20(17)27-18(28)5-2)15-7-6-13(12-16(15)22)21(23,24)25/h6-8,10,12,14H,4-5,9,11H2,1-3H3. The highest BCUT2D eigenvalue weighted by Crippen LogP contribution is 2.38. The van der Waals surface area contributed by atoms with Gasteiger partial charge in [-0.05, 0) is 31.0 Å². The molecule has 0 radical (unpaired) electrons. The lowest BCUT2D eigenvalue weighted by Gasteiger charge is -2.20. The van der Waals surface area contributed by atoms with Crippen LogP contribution in [0.1, 0.15) is 44.1 Å². The predicted octanol–water partition coefficient (Wildman–Crippen LogP) is 6.32. The number of methoxy groups -OCH3 is 1. The van der Waals surface area contributed by atoms with E-state index in [1.165, 1.54) is 6.07 Å². The van der Waals surface area contributed by atoms with Gasteiger partial charge in [-0.25, -0.2) is 4.98 Å². The van der Waals surface area contributed by atoms with Crippen molar-refractivity contribution in [3.8, 4) is 11.3 Å². The molecule has 0 spiro atoms. The van der Waals surface area contributed by atoms with Crippen molar-refractivity contribution in [2.75, 3.05) is 13.7 Å². The van der Waals surface area contributed by atoms with Crippen LogP contribution in [0.25, 0.3) is 22.3 Å². The molecule has 0 amide bonds. The molecule has 3 aromatic rings. The largest absolute Gasteiger partial charge is 0.416 e. The summed E-state index contributed by atoms with van der Waals surface area (Å²) in [5.74, 6) is 0.903. The highest BCUT2D eigenvalue weighted by Gasteiger charge is 2.31. The van der Waals surface area contributed by atoms with Gasteiger partial charge in [-0.1, -0.05) is 31.5 Å². The molecule has 0 saturated heterocycles. The number of rotatable bonds is 7. The molecule has 1 atom stereocenters. The fourth-order valence-corrected chi connectivity index (χ4v) is 3.85. The van der Waals surface area contributed by atoms with E-state index in [9.17, 15) is 13.2 Å². The summed E-state index contributed by atoms with van der Waals surface area (Å²) in [5, 5.41) is -0.00107. The normalized spacial score (nSPS) is 13.2. The Balaban J connectivity index is 2.17. The van der Waals surface area contributed by atoms with Crippen LogP contribution in [0.2, 0.25) is 5.02 Å². The SMILES string of the molecule is CCc1nc2c(-c3ccc(C(F)(F)F)cc3Cl)nccc2n1C(CC)CCOC. The maximum Gasteiger partial charge on any atom is 0.416 e. The third-order valence-electron chi connectivity index (χ3n) is 5.04. The maximum absolute atomic E-state index is 13.0. The van der Waals surface area contributed by atoms with Crippen molar-refractivity contribution in [3.05, 3.63) is 46.9 Å². The van der Waals surface area contributed by atoms with E-state index in [-0.39, 0.29) is 11.1 Å². The molecule has 0 saturated carbocycles. The van der Waals surface area contributed by atoms with Crippen LogP contribution >= 0.6 is 11.6 Å². The smallest absolute Gasteiger partial charge is 0.385 e. The van der Waals surface area contributed by atoms with Crippen molar-refractivity contribution in [1.82, 2.24) is 14.5 Å². The second-order valence-corrected chi connectivity index (χ2v) is 7.22. The fraction of sp³-hybridized carbons (Fsp3) is 0.429. The van der Waals surface area contributed by atoms with Crippen molar-refractivity contribution in [3.63, 3.8) is 0 Å². The Bertz CT molecular complexity index is 1000. The van der Waals surface area contributed by atoms with Crippen LogP contribution in [0, 0.1) is 0 Å². The number of aromatic nitrogens is 3. The first-order valence-corrected chi connectivity index (χ1v) is 9.91. The topological polar surface area (TPSA) is 39.9 Å². The van der Waals surface area contributed by atoms with Crippen LogP contribution in [-0.2, 0) is 17.3 Å². The molecule has 0 aliphatic carbocycles. The fourth-order valence-electron chi connectivity index (χ4n) is 3.58. The molecule has 4 nitrogen and oxygen atoms in total. The Morgan fingerprint density at radius 1 is 1.21 bits per heavy atom. The Kier molecular flexibility index (Phi) is 6.49. The number of benzene rings is 1. The van der Waals surface area contributed by atoms with Gasteiger partial charge in [0, 0.05) is 37.9 Å². The van der Waals surface area contributed by atoms with Crippen molar-refractivity contribution < 1.29 is 17.9 Å². The average molecular weight is 426 g/mol. The number of pyridine rings is 1. The number of aryl methyl sites for hydroxylation is 1. The molecule has 0 aliphatic rings. The molecular formula is C21H23ClF3N3O. The first-order chi connectivity index (χ1) is 13.8. The van der Waals surface area contributed by atoms with Crippen molar-refractivity contribution in [1.29, 1.82) is 0 Å². The number of fused-ring (bicyclic) bond motifs is 1. The van der Waals surface area contributed by atoms with Crippen molar-refractivity contribution in [2.45, 2.75) is 45.3 Å². The Hall–Kier alpha value is -2.12. The minimum atomic E-state index is -4.45. The van der Waals surface area contributed by atoms with Crippen LogP contribution in [0.4, 0.5) is 13.2 Å². The molecule has 8 heteroatoms. The van der Waals surface area contributed by atoms with E-state index in [4.69, 9.17) is 21.3 Å². The molecule has 0 fully saturated rings. The Labute approximate surface area is 172 Å². The predicted molar refractivity (Wildman–Crippen MR) is 108 cm³/mol. The summed E-state index contributed by atoms with van der Waals surface area (Å²) in [4.78, 5) is 9.18. The van der Waals surface area contributed by atoms with Gasteiger partial charge in [0.25, 0.3) is 0 Å². The van der Waals surface area contributed by atoms with Crippen LogP contribution < -0.4 is 0 Å². The number of hydrogen-bond donors (Lipinski definition) is 0. The molecule has 0 aliphatic heterocycles. The summed E-state index contributed by atoms with van der Waals surface area (Å²) < 4.78 is 46.4. The van der Waals surface area contributed by atoms with Gasteiger partial charge in [-0.3, -0.25) is 4.98 Å². The van der Waals surface area contributed by atoms with Gasteiger partial charge in [0.1, 0.15) is 11.3 Å². The summed E-state index contributed by atoms with van der Waals surface area (Å²) in [6.45, 7) is 4.77. The highest BCUT2D eigenvalue weighted by atomic mass is 35.5. The molecule has 2 heterocycles. The number of nitrogens with zero attached hydrogens (tertiary/aromatic N) is 3. The van der Waals surface area contributed by atoms with Gasteiger partial charge >= 0.3 is 6.18 Å². The van der Waals surface area contributed by atoms with E-state index in [1.54, 1.807) is 13.3 Å². The van der Waals surface area contributed by atoms with E-state index in [1.807, 2.05) is 13.0 Å². The van der Waals surface area contributed by atoms with Gasteiger partial charge in [-0.2, -0.15) is 13.2 Å². The summed E-state index contributed by atoms with van der Waals surface area (Å²) in [7, 11) is 1.67. The minimum Gasteiger partial charge on any atom is -0.385 e. The highest BCUT2D eigenvalue weighted by molar-refractivity contribution is 6.33. The third kappa shape index (κ3) is 4.26. The third-order valence-corrected chi connectivity index (χ3v) is 5.35. The van der Waals surface area contributed by atoms with Crippen LogP contribution in [0.5, 0.6) is 0 Å². The van der Waals surface area contributed by atoms with Crippen LogP contribution in [0.3, 0.4) is 0 Å². The van der Waals surface area contributed by atoms with Crippen molar-refractivity contribution in [2.24, 2.45) is 0 Å². The Morgan fingerprint density at radius 2 is 1.97 bits per heavy atom. The summed E-state index contributed by atoms with van der Waals surface area (Å²) >= 11 is 6.22. The quantitative estimate of drug-likeness (QED) is 0.444. The average Bonchev–Trinajstić information content (AvgIpc) is 3.07. The zero-order valence-corrected chi connectivity index (χ0v) is 17.3. The zero-order chi connectivity index (χ0) is 21.2. The molecular weight excluding hydrogens is 403 g/mol. The molecule has 2 aromatic heterocycles. The van der Waals surface area contributed by atoms with E-state index < -0.39 is 11.7 Å². The van der Waals surface area contributed by atoms with Crippen molar-refractivity contribution >= 4 is 22.6 Å². The lowest BCUT2D eigenvalue weighted by Crippen LogP contribution is -2.13. The molecule has 0 N–H and O–H groups in total. The number of imidazole rings is 1. The van der Waals surface area contributed by atoms with E-state index in [2.05, 4.69) is 16.5 Å². The molecule has 3 rings (SSSR count). The number of hydrogen-bond acceptors (Lipinski definition) is 3. The minimum absolute atomic E-state index is 0.00107. The molecule has 1 aromatic carbocycles. The van der Waals surface area contributed by atoms with Gasteiger partial charge in [-0.15, -0.1) is 0 Å². The lowest BCUT2D eigenvalue weighted by molar-refractivity contribution is -0.137. The summed E-state index contributed by atoms with van der Waals surface area (Å²) in [6.07, 6.45) is -0.344. The number of halogens is 4. The van der Waals surface area contributed by atoms with Gasteiger partial charge in [0.2, 0.25) is 0 Å². The molecule has 156 valence electrons. The zero-order valence-electron chi connectivity index (χ0n) is 16.6.